The molecule has 1 heterocycles. The summed E-state index contributed by atoms with van der Waals surface area (Å²) in [6.07, 6.45) is 0. The maximum absolute atomic E-state index is 9.99. The second kappa shape index (κ2) is 5.27. The highest BCUT2D eigenvalue weighted by molar-refractivity contribution is 5.88. The molecule has 102 valence electrons. The molecule has 4 nitrogen and oxygen atoms in total. The molecule has 0 amide bonds. The van der Waals surface area contributed by atoms with E-state index in [1.807, 2.05) is 18.2 Å². The minimum absolute atomic E-state index is 0. The fourth-order valence-electron chi connectivity index (χ4n) is 1.99. The maximum atomic E-state index is 9.99. The van der Waals surface area contributed by atoms with Gasteiger partial charge in [0.15, 0.2) is 0 Å². The first-order chi connectivity index (χ1) is 9.15. The van der Waals surface area contributed by atoms with E-state index in [1.54, 1.807) is 12.1 Å². The molecule has 0 aliphatic rings. The Labute approximate surface area is 121 Å². The van der Waals surface area contributed by atoms with E-state index < -0.39 is 0 Å². The van der Waals surface area contributed by atoms with Crippen molar-refractivity contribution in [3.63, 3.8) is 0 Å². The van der Waals surface area contributed by atoms with Gasteiger partial charge in [-0.3, -0.25) is 0 Å². The van der Waals surface area contributed by atoms with E-state index in [0.717, 1.165) is 0 Å². The van der Waals surface area contributed by atoms with Crippen LogP contribution in [0.2, 0.25) is 0 Å². The Morgan fingerprint density at radius 3 is 2.20 bits per heavy atom. The first-order valence-electron chi connectivity index (χ1n) is 5.72. The SMILES string of the molecule is Oc1cc(O)c2cc(O)c(-c3ccccc3)[o+]c2c1.[Cl-]. The molecule has 0 aliphatic carbocycles. The molecule has 0 bridgehead atoms. The fraction of sp³-hybridized carbons (Fsp3) is 0. The van der Waals surface area contributed by atoms with Crippen LogP contribution in [0.5, 0.6) is 17.2 Å². The quantitative estimate of drug-likeness (QED) is 0.571. The number of phenolic OH excluding ortho intramolecular Hbond substituents is 2. The third kappa shape index (κ3) is 2.33. The number of benzene rings is 2. The van der Waals surface area contributed by atoms with Gasteiger partial charge in [0.2, 0.25) is 5.75 Å². The Morgan fingerprint density at radius 1 is 0.800 bits per heavy atom. The van der Waals surface area contributed by atoms with Crippen molar-refractivity contribution in [3.8, 4) is 28.6 Å². The summed E-state index contributed by atoms with van der Waals surface area (Å²) < 4.78 is 5.57. The Morgan fingerprint density at radius 2 is 1.50 bits per heavy atom. The molecule has 1 aromatic heterocycles. The Bertz CT molecular complexity index is 757. The van der Waals surface area contributed by atoms with Gasteiger partial charge in [-0.2, -0.15) is 0 Å². The molecule has 0 atom stereocenters. The molecule has 3 rings (SSSR count). The molecule has 2 aromatic carbocycles. The number of hydrogen-bond donors (Lipinski definition) is 3. The van der Waals surface area contributed by atoms with Crippen LogP contribution in [0.25, 0.3) is 22.3 Å². The topological polar surface area (TPSA) is 72.0 Å². The second-order valence-electron chi connectivity index (χ2n) is 4.20. The van der Waals surface area contributed by atoms with Gasteiger partial charge in [-0.05, 0) is 12.1 Å². The van der Waals surface area contributed by atoms with E-state index in [2.05, 4.69) is 0 Å². The lowest BCUT2D eigenvalue weighted by Crippen LogP contribution is -3.00. The maximum Gasteiger partial charge on any atom is 0.401 e. The van der Waals surface area contributed by atoms with Crippen LogP contribution in [0.1, 0.15) is 0 Å². The molecule has 0 unspecified atom stereocenters. The van der Waals surface area contributed by atoms with Gasteiger partial charge in [-0.15, -0.1) is 0 Å². The molecule has 0 fully saturated rings. The molecule has 0 radical (unpaired) electrons. The lowest BCUT2D eigenvalue weighted by Gasteiger charge is -1.99. The highest BCUT2D eigenvalue weighted by atomic mass is 35.5. The lowest BCUT2D eigenvalue weighted by atomic mass is 10.1. The van der Waals surface area contributed by atoms with Crippen molar-refractivity contribution >= 4 is 11.0 Å². The average Bonchev–Trinajstić information content (AvgIpc) is 2.40. The third-order valence-corrected chi connectivity index (χ3v) is 2.87. The first kappa shape index (κ1) is 14.0. The summed E-state index contributed by atoms with van der Waals surface area (Å²) >= 11 is 0. The van der Waals surface area contributed by atoms with E-state index in [1.165, 1.54) is 18.2 Å². The fourth-order valence-corrected chi connectivity index (χ4v) is 1.99. The number of halogens is 1. The minimum Gasteiger partial charge on any atom is -1.00 e. The van der Waals surface area contributed by atoms with Gasteiger partial charge >= 0.3 is 11.3 Å². The number of aromatic hydroxyl groups is 3. The van der Waals surface area contributed by atoms with Crippen LogP contribution in [0, 0.1) is 0 Å². The molecule has 0 saturated carbocycles. The van der Waals surface area contributed by atoms with E-state index >= 15 is 0 Å². The Kier molecular flexibility index (Phi) is 3.68. The third-order valence-electron chi connectivity index (χ3n) is 2.87. The molecule has 3 aromatic rings. The van der Waals surface area contributed by atoms with Gasteiger partial charge in [-0.1, -0.05) is 18.2 Å². The van der Waals surface area contributed by atoms with Crippen molar-refractivity contribution in [2.45, 2.75) is 0 Å². The van der Waals surface area contributed by atoms with Gasteiger partial charge in [0.1, 0.15) is 16.9 Å². The smallest absolute Gasteiger partial charge is 0.401 e. The van der Waals surface area contributed by atoms with E-state index in [0.29, 0.717) is 16.5 Å². The summed E-state index contributed by atoms with van der Waals surface area (Å²) in [5.41, 5.74) is 1.01. The second-order valence-corrected chi connectivity index (χ2v) is 4.20. The van der Waals surface area contributed by atoms with E-state index in [9.17, 15) is 15.3 Å². The highest BCUT2D eigenvalue weighted by Crippen LogP contribution is 2.38. The number of rotatable bonds is 1. The minimum atomic E-state index is -0.145. The standard InChI is InChI=1S/C15H10O4.ClH/c16-10-6-12(17)11-8-13(18)15(19-14(11)7-10)9-4-2-1-3-5-9;/h1-8H,(H2-,16,17,18);1H. The van der Waals surface area contributed by atoms with Crippen molar-refractivity contribution in [1.82, 2.24) is 0 Å². The molecular formula is C15H11ClO4. The zero-order valence-electron chi connectivity index (χ0n) is 10.2. The van der Waals surface area contributed by atoms with Crippen molar-refractivity contribution in [1.29, 1.82) is 0 Å². The number of phenols is 2. The summed E-state index contributed by atoms with van der Waals surface area (Å²) in [5.74, 6) is -0.0232. The molecule has 0 spiro atoms. The van der Waals surface area contributed by atoms with Gasteiger partial charge in [-0.25, -0.2) is 4.42 Å². The zero-order valence-corrected chi connectivity index (χ0v) is 11.0. The van der Waals surface area contributed by atoms with Crippen LogP contribution in [0.4, 0.5) is 0 Å². The average molecular weight is 291 g/mol. The van der Waals surface area contributed by atoms with Gasteiger partial charge in [0, 0.05) is 12.1 Å². The summed E-state index contributed by atoms with van der Waals surface area (Å²) in [6.45, 7) is 0. The number of fused-ring (bicyclic) bond motifs is 1. The number of hydrogen-bond acceptors (Lipinski definition) is 3. The summed E-state index contributed by atoms with van der Waals surface area (Å²) in [5, 5.41) is 29.5. The Hall–Kier alpha value is -2.46. The zero-order chi connectivity index (χ0) is 13.4. The molecule has 0 aliphatic heterocycles. The first-order valence-corrected chi connectivity index (χ1v) is 5.72. The van der Waals surface area contributed by atoms with E-state index in [4.69, 9.17) is 4.42 Å². The monoisotopic (exact) mass is 290 g/mol. The van der Waals surface area contributed by atoms with Crippen LogP contribution in [0.3, 0.4) is 0 Å². The normalized spacial score (nSPS) is 10.2. The van der Waals surface area contributed by atoms with Crippen LogP contribution in [0.15, 0.2) is 52.9 Å². The summed E-state index contributed by atoms with van der Waals surface area (Å²) in [4.78, 5) is 0. The molecule has 0 saturated heterocycles. The molecule has 3 N–H and O–H groups in total. The largest absolute Gasteiger partial charge is 1.00 e. The van der Waals surface area contributed by atoms with Crippen LogP contribution < -0.4 is 12.4 Å². The predicted octanol–water partition coefficient (Wildman–Crippen LogP) is 0.502. The lowest BCUT2D eigenvalue weighted by molar-refractivity contribution is -0.00000726. The molecule has 20 heavy (non-hydrogen) atoms. The van der Waals surface area contributed by atoms with Gasteiger partial charge < -0.3 is 27.7 Å². The van der Waals surface area contributed by atoms with Crippen LogP contribution in [-0.4, -0.2) is 15.3 Å². The van der Waals surface area contributed by atoms with Crippen molar-refractivity contribution in [3.05, 3.63) is 48.5 Å². The molecular weight excluding hydrogens is 280 g/mol. The highest BCUT2D eigenvalue weighted by Gasteiger charge is 2.23. The van der Waals surface area contributed by atoms with E-state index in [-0.39, 0.29) is 35.4 Å². The van der Waals surface area contributed by atoms with Gasteiger partial charge in [0.25, 0.3) is 0 Å². The Balaban J connectivity index is 0.00000147. The van der Waals surface area contributed by atoms with Crippen molar-refractivity contribution < 1.29 is 32.1 Å². The van der Waals surface area contributed by atoms with Crippen LogP contribution in [-0.2, 0) is 0 Å². The van der Waals surface area contributed by atoms with Gasteiger partial charge in [0.05, 0.1) is 11.6 Å². The summed E-state index contributed by atoms with van der Waals surface area (Å²) in [7, 11) is 0. The van der Waals surface area contributed by atoms with Crippen LogP contribution >= 0.6 is 0 Å². The van der Waals surface area contributed by atoms with Crippen molar-refractivity contribution in [2.75, 3.05) is 0 Å². The molecule has 5 heteroatoms. The van der Waals surface area contributed by atoms with Crippen molar-refractivity contribution in [2.24, 2.45) is 0 Å². The summed E-state index contributed by atoms with van der Waals surface area (Å²) in [6, 6.07) is 13.1. The predicted molar refractivity (Wildman–Crippen MR) is 71.1 cm³/mol.